The normalized spacial score (nSPS) is 17.5. The summed E-state index contributed by atoms with van der Waals surface area (Å²) in [5.74, 6) is 0.967. The molecule has 0 bridgehead atoms. The third kappa shape index (κ3) is 5.48. The lowest BCUT2D eigenvalue weighted by molar-refractivity contribution is -0.117. The maximum atomic E-state index is 12.6. The van der Waals surface area contributed by atoms with Crippen molar-refractivity contribution in [1.29, 1.82) is 0 Å². The summed E-state index contributed by atoms with van der Waals surface area (Å²) in [6.45, 7) is 6.07. The zero-order chi connectivity index (χ0) is 20.9. The molecule has 2 aliphatic rings. The Morgan fingerprint density at radius 2 is 1.60 bits per heavy atom. The van der Waals surface area contributed by atoms with Crippen LogP contribution < -0.4 is 10.6 Å². The van der Waals surface area contributed by atoms with Crippen LogP contribution in [0.5, 0.6) is 0 Å². The molecule has 5 heteroatoms. The number of rotatable bonds is 7. The molecule has 1 saturated heterocycles. The molecule has 2 fully saturated rings. The Labute approximate surface area is 178 Å². The Kier molecular flexibility index (Phi) is 6.48. The minimum absolute atomic E-state index is 0.0759. The van der Waals surface area contributed by atoms with Crippen molar-refractivity contribution in [2.45, 2.75) is 45.7 Å². The van der Waals surface area contributed by atoms with E-state index in [4.69, 9.17) is 0 Å². The molecule has 0 atom stereocenters. The molecule has 1 heterocycles. The van der Waals surface area contributed by atoms with Crippen LogP contribution in [0, 0.1) is 11.8 Å². The number of likely N-dealkylation sites (tertiary alicyclic amines) is 1. The van der Waals surface area contributed by atoms with Gasteiger partial charge in [-0.25, -0.2) is 0 Å². The Balaban J connectivity index is 1.31. The number of hydrogen-bond acceptors (Lipinski definition) is 3. The van der Waals surface area contributed by atoms with Gasteiger partial charge in [-0.15, -0.1) is 0 Å². The lowest BCUT2D eigenvalue weighted by atomic mass is 9.98. The highest BCUT2D eigenvalue weighted by molar-refractivity contribution is 5.96. The number of piperidine rings is 1. The van der Waals surface area contributed by atoms with Gasteiger partial charge in [0.15, 0.2) is 0 Å². The van der Waals surface area contributed by atoms with Gasteiger partial charge in [-0.05, 0) is 80.1 Å². The van der Waals surface area contributed by atoms with E-state index in [1.807, 2.05) is 6.07 Å². The van der Waals surface area contributed by atoms with Gasteiger partial charge in [0.25, 0.3) is 5.91 Å². The smallest absolute Gasteiger partial charge is 0.251 e. The summed E-state index contributed by atoms with van der Waals surface area (Å²) in [6.07, 6.45) is 4.47. The first-order valence-electron chi connectivity index (χ1n) is 11.1. The minimum Gasteiger partial charge on any atom is -0.348 e. The SMILES string of the molecule is CC1CCN(Cc2ccccc2CNC(=O)c2ccc(NC(=O)C3CC3)cc2)CC1. The van der Waals surface area contributed by atoms with Gasteiger partial charge >= 0.3 is 0 Å². The van der Waals surface area contributed by atoms with Crippen molar-refractivity contribution < 1.29 is 9.59 Å². The molecular formula is C25H31N3O2. The van der Waals surface area contributed by atoms with E-state index in [1.54, 1.807) is 24.3 Å². The standard InChI is InChI=1S/C25H31N3O2/c1-18-12-14-28(15-13-18)17-22-5-3-2-4-21(22)16-26-24(29)19-8-10-23(11-9-19)27-25(30)20-6-7-20/h2-5,8-11,18,20H,6-7,12-17H2,1H3,(H,26,29)(H,27,30). The van der Waals surface area contributed by atoms with E-state index >= 15 is 0 Å². The average molecular weight is 406 g/mol. The first-order valence-corrected chi connectivity index (χ1v) is 11.1. The van der Waals surface area contributed by atoms with Crippen molar-refractivity contribution in [3.05, 3.63) is 65.2 Å². The fourth-order valence-electron chi connectivity index (χ4n) is 3.92. The second kappa shape index (κ2) is 9.43. The number of carbonyl (C=O) groups excluding carboxylic acids is 2. The Morgan fingerprint density at radius 3 is 2.27 bits per heavy atom. The molecule has 2 aromatic rings. The zero-order valence-corrected chi connectivity index (χ0v) is 17.7. The first-order chi connectivity index (χ1) is 14.6. The second-order valence-corrected chi connectivity index (χ2v) is 8.75. The van der Waals surface area contributed by atoms with Crippen LogP contribution in [0.15, 0.2) is 48.5 Å². The van der Waals surface area contributed by atoms with Crippen molar-refractivity contribution >= 4 is 17.5 Å². The van der Waals surface area contributed by atoms with Crippen LogP contribution in [0.25, 0.3) is 0 Å². The number of amides is 2. The fourth-order valence-corrected chi connectivity index (χ4v) is 3.92. The summed E-state index contributed by atoms with van der Waals surface area (Å²) in [4.78, 5) is 27.0. The molecule has 1 aliphatic heterocycles. The minimum atomic E-state index is -0.100. The quantitative estimate of drug-likeness (QED) is 0.726. The average Bonchev–Trinajstić information content (AvgIpc) is 3.61. The summed E-state index contributed by atoms with van der Waals surface area (Å²) >= 11 is 0. The van der Waals surface area contributed by atoms with E-state index in [-0.39, 0.29) is 17.7 Å². The van der Waals surface area contributed by atoms with Crippen LogP contribution in [0.3, 0.4) is 0 Å². The van der Waals surface area contributed by atoms with Crippen LogP contribution >= 0.6 is 0 Å². The molecule has 1 aliphatic carbocycles. The van der Waals surface area contributed by atoms with Gasteiger partial charge in [-0.2, -0.15) is 0 Å². The first kappa shape index (κ1) is 20.6. The van der Waals surface area contributed by atoms with Crippen LogP contribution in [0.2, 0.25) is 0 Å². The predicted molar refractivity (Wildman–Crippen MR) is 119 cm³/mol. The van der Waals surface area contributed by atoms with Crippen LogP contribution in [-0.2, 0) is 17.9 Å². The summed E-state index contributed by atoms with van der Waals surface area (Å²) < 4.78 is 0. The van der Waals surface area contributed by atoms with Gasteiger partial charge in [0.2, 0.25) is 5.91 Å². The second-order valence-electron chi connectivity index (χ2n) is 8.75. The maximum Gasteiger partial charge on any atom is 0.251 e. The van der Waals surface area contributed by atoms with Gasteiger partial charge < -0.3 is 10.6 Å². The summed E-state index contributed by atoms with van der Waals surface area (Å²) in [5, 5.41) is 5.95. The number of anilines is 1. The Hall–Kier alpha value is -2.66. The molecule has 5 nitrogen and oxygen atoms in total. The highest BCUT2D eigenvalue weighted by Gasteiger charge is 2.29. The molecule has 2 N–H and O–H groups in total. The Morgan fingerprint density at radius 1 is 0.933 bits per heavy atom. The molecule has 0 spiro atoms. The van der Waals surface area contributed by atoms with E-state index in [0.29, 0.717) is 12.1 Å². The van der Waals surface area contributed by atoms with Crippen molar-refractivity contribution in [2.75, 3.05) is 18.4 Å². The summed E-state index contributed by atoms with van der Waals surface area (Å²) in [7, 11) is 0. The maximum absolute atomic E-state index is 12.6. The van der Waals surface area contributed by atoms with Gasteiger partial charge in [-0.3, -0.25) is 14.5 Å². The van der Waals surface area contributed by atoms with Gasteiger partial charge in [0.1, 0.15) is 0 Å². The Bertz CT molecular complexity index is 882. The van der Waals surface area contributed by atoms with Crippen molar-refractivity contribution in [2.24, 2.45) is 11.8 Å². The number of benzene rings is 2. The van der Waals surface area contributed by atoms with Gasteiger partial charge in [0, 0.05) is 30.3 Å². The van der Waals surface area contributed by atoms with Crippen LogP contribution in [0.4, 0.5) is 5.69 Å². The molecule has 1 saturated carbocycles. The van der Waals surface area contributed by atoms with E-state index in [1.165, 1.54) is 18.4 Å². The summed E-state index contributed by atoms with van der Waals surface area (Å²) in [5.41, 5.74) is 3.79. The van der Waals surface area contributed by atoms with Crippen molar-refractivity contribution in [1.82, 2.24) is 10.2 Å². The molecule has 2 amide bonds. The van der Waals surface area contributed by atoms with Gasteiger partial charge in [-0.1, -0.05) is 31.2 Å². The molecule has 0 aromatic heterocycles. The molecule has 0 unspecified atom stereocenters. The predicted octanol–water partition coefficient (Wildman–Crippen LogP) is 4.20. The van der Waals surface area contributed by atoms with E-state index in [9.17, 15) is 9.59 Å². The molecular weight excluding hydrogens is 374 g/mol. The van der Waals surface area contributed by atoms with Crippen LogP contribution in [-0.4, -0.2) is 29.8 Å². The zero-order valence-electron chi connectivity index (χ0n) is 17.7. The largest absolute Gasteiger partial charge is 0.348 e. The number of hydrogen-bond donors (Lipinski definition) is 2. The number of nitrogens with one attached hydrogen (secondary N) is 2. The van der Waals surface area contributed by atoms with E-state index in [2.05, 4.69) is 40.7 Å². The monoisotopic (exact) mass is 405 g/mol. The molecule has 4 rings (SSSR count). The van der Waals surface area contributed by atoms with Crippen LogP contribution in [0.1, 0.15) is 54.1 Å². The third-order valence-corrected chi connectivity index (χ3v) is 6.19. The lowest BCUT2D eigenvalue weighted by Gasteiger charge is -2.30. The van der Waals surface area contributed by atoms with E-state index in [0.717, 1.165) is 49.6 Å². The highest BCUT2D eigenvalue weighted by atomic mass is 16.2. The molecule has 2 aromatic carbocycles. The van der Waals surface area contributed by atoms with Crippen molar-refractivity contribution in [3.8, 4) is 0 Å². The molecule has 0 radical (unpaired) electrons. The van der Waals surface area contributed by atoms with Crippen molar-refractivity contribution in [3.63, 3.8) is 0 Å². The summed E-state index contributed by atoms with van der Waals surface area (Å²) in [6, 6.07) is 15.5. The number of carbonyl (C=O) groups is 2. The molecule has 30 heavy (non-hydrogen) atoms. The molecule has 158 valence electrons. The third-order valence-electron chi connectivity index (χ3n) is 6.19. The van der Waals surface area contributed by atoms with Gasteiger partial charge in [0.05, 0.1) is 0 Å². The van der Waals surface area contributed by atoms with E-state index < -0.39 is 0 Å². The fraction of sp³-hybridized carbons (Fsp3) is 0.440. The topological polar surface area (TPSA) is 61.4 Å². The lowest BCUT2D eigenvalue weighted by Crippen LogP contribution is -2.33. The highest BCUT2D eigenvalue weighted by Crippen LogP contribution is 2.30. The number of nitrogens with zero attached hydrogens (tertiary/aromatic N) is 1.